The van der Waals surface area contributed by atoms with E-state index in [1.54, 1.807) is 0 Å². The molecule has 0 aliphatic carbocycles. The zero-order valence-electron chi connectivity index (χ0n) is 8.33. The van der Waals surface area contributed by atoms with Crippen LogP contribution in [0.3, 0.4) is 0 Å². The molecule has 0 N–H and O–H groups in total. The van der Waals surface area contributed by atoms with Crippen LogP contribution in [0, 0.1) is 0 Å². The number of nitrogens with zero attached hydrogens (tertiary/aromatic N) is 2. The minimum absolute atomic E-state index is 0.647. The Balaban J connectivity index is 2.30. The fourth-order valence-corrected chi connectivity index (χ4v) is 2.07. The second kappa shape index (κ2) is 5.43. The van der Waals surface area contributed by atoms with Gasteiger partial charge in [-0.15, -0.1) is 0 Å². The molecule has 0 spiro atoms. The number of aromatic nitrogens is 2. The number of alkyl halides is 1. The van der Waals surface area contributed by atoms with Crippen molar-refractivity contribution in [2.45, 2.75) is 37.4 Å². The molecule has 1 aromatic rings. The molecule has 1 rings (SSSR count). The molecule has 0 radical (unpaired) electrons. The van der Waals surface area contributed by atoms with E-state index in [9.17, 15) is 0 Å². The predicted octanol–water partition coefficient (Wildman–Crippen LogP) is 2.92. The van der Waals surface area contributed by atoms with E-state index >= 15 is 0 Å². The largest absolute Gasteiger partial charge is 0.338 e. The third-order valence-electron chi connectivity index (χ3n) is 2.20. The van der Waals surface area contributed by atoms with E-state index in [0.717, 1.165) is 6.42 Å². The Bertz CT molecular complexity index is 245. The molecule has 2 nitrogen and oxygen atoms in total. The second-order valence-electron chi connectivity index (χ2n) is 3.38. The van der Waals surface area contributed by atoms with E-state index < -0.39 is 0 Å². The van der Waals surface area contributed by atoms with E-state index in [2.05, 4.69) is 32.4 Å². The lowest BCUT2D eigenvalue weighted by Crippen LogP contribution is -2.03. The summed E-state index contributed by atoms with van der Waals surface area (Å²) in [6.07, 6.45) is 8.61. The zero-order chi connectivity index (χ0) is 9.68. The molecule has 1 heterocycles. The average Bonchev–Trinajstić information content (AvgIpc) is 2.48. The lowest BCUT2D eigenvalue weighted by molar-refractivity contribution is 0.660. The molecular formula is C10H17BrN2. The molecule has 0 aliphatic heterocycles. The van der Waals surface area contributed by atoms with E-state index in [1.165, 1.54) is 25.1 Å². The first-order valence-electron chi connectivity index (χ1n) is 4.84. The smallest absolute Gasteiger partial charge is 0.108 e. The Morgan fingerprint density at radius 2 is 2.31 bits per heavy atom. The summed E-state index contributed by atoms with van der Waals surface area (Å²) in [5.74, 6) is 1.18. The molecular weight excluding hydrogens is 228 g/mol. The standard InChI is InChI=1S/C10H17BrN2/c1-3-4-9(11)5-6-10-12-7-8-13(10)2/h7-9H,3-6H2,1-2H3. The quantitative estimate of drug-likeness (QED) is 0.729. The molecule has 74 valence electrons. The van der Waals surface area contributed by atoms with Gasteiger partial charge in [0.1, 0.15) is 5.82 Å². The lowest BCUT2D eigenvalue weighted by atomic mass is 10.1. The van der Waals surface area contributed by atoms with Crippen molar-refractivity contribution in [2.24, 2.45) is 7.05 Å². The van der Waals surface area contributed by atoms with Crippen LogP contribution in [0.2, 0.25) is 0 Å². The van der Waals surface area contributed by atoms with Crippen molar-refractivity contribution in [2.75, 3.05) is 0 Å². The van der Waals surface area contributed by atoms with Crippen LogP contribution in [0.1, 0.15) is 32.0 Å². The second-order valence-corrected chi connectivity index (χ2v) is 4.67. The van der Waals surface area contributed by atoms with Crippen molar-refractivity contribution in [1.29, 1.82) is 0 Å². The monoisotopic (exact) mass is 244 g/mol. The number of halogens is 1. The molecule has 0 saturated heterocycles. The van der Waals surface area contributed by atoms with Crippen molar-refractivity contribution in [3.8, 4) is 0 Å². The highest BCUT2D eigenvalue weighted by Crippen LogP contribution is 2.14. The summed E-state index contributed by atoms with van der Waals surface area (Å²) in [6, 6.07) is 0. The molecule has 3 heteroatoms. The van der Waals surface area contributed by atoms with E-state index in [1.807, 2.05) is 19.4 Å². The van der Waals surface area contributed by atoms with Gasteiger partial charge < -0.3 is 4.57 Å². The molecule has 1 unspecified atom stereocenters. The Labute approximate surface area is 88.5 Å². The lowest BCUT2D eigenvalue weighted by Gasteiger charge is -2.07. The van der Waals surface area contributed by atoms with Gasteiger partial charge >= 0.3 is 0 Å². The van der Waals surface area contributed by atoms with Crippen LogP contribution in [0.15, 0.2) is 12.4 Å². The maximum absolute atomic E-state index is 4.29. The zero-order valence-corrected chi connectivity index (χ0v) is 9.92. The normalized spacial score (nSPS) is 13.2. The SMILES string of the molecule is CCCC(Br)CCc1nccn1C. The van der Waals surface area contributed by atoms with Crippen LogP contribution in [-0.4, -0.2) is 14.4 Å². The van der Waals surface area contributed by atoms with Crippen LogP contribution < -0.4 is 0 Å². The highest BCUT2D eigenvalue weighted by Gasteiger charge is 2.05. The number of rotatable bonds is 5. The summed E-state index contributed by atoms with van der Waals surface area (Å²) < 4.78 is 2.09. The first kappa shape index (κ1) is 10.8. The Hall–Kier alpha value is -0.310. The summed E-state index contributed by atoms with van der Waals surface area (Å²) >= 11 is 3.67. The molecule has 0 aliphatic rings. The summed E-state index contributed by atoms with van der Waals surface area (Å²) in [5, 5.41) is 0. The molecule has 13 heavy (non-hydrogen) atoms. The van der Waals surface area contributed by atoms with Crippen molar-refractivity contribution in [3.63, 3.8) is 0 Å². The van der Waals surface area contributed by atoms with E-state index in [0.29, 0.717) is 4.83 Å². The Morgan fingerprint density at radius 1 is 1.54 bits per heavy atom. The van der Waals surface area contributed by atoms with Crippen molar-refractivity contribution >= 4 is 15.9 Å². The number of imidazole rings is 1. The summed E-state index contributed by atoms with van der Waals surface area (Å²) in [5.41, 5.74) is 0. The van der Waals surface area contributed by atoms with Gasteiger partial charge in [0.25, 0.3) is 0 Å². The molecule has 0 amide bonds. The van der Waals surface area contributed by atoms with Crippen molar-refractivity contribution in [1.82, 2.24) is 9.55 Å². The third-order valence-corrected chi connectivity index (χ3v) is 3.12. The van der Waals surface area contributed by atoms with Gasteiger partial charge in [0.15, 0.2) is 0 Å². The van der Waals surface area contributed by atoms with Crippen molar-refractivity contribution in [3.05, 3.63) is 18.2 Å². The molecule has 0 fully saturated rings. The van der Waals surface area contributed by atoms with Crippen molar-refractivity contribution < 1.29 is 0 Å². The van der Waals surface area contributed by atoms with Gasteiger partial charge in [-0.3, -0.25) is 0 Å². The Kier molecular flexibility index (Phi) is 4.50. The van der Waals surface area contributed by atoms with E-state index in [-0.39, 0.29) is 0 Å². The highest BCUT2D eigenvalue weighted by molar-refractivity contribution is 9.09. The summed E-state index contributed by atoms with van der Waals surface area (Å²) in [4.78, 5) is 4.94. The molecule has 0 aromatic carbocycles. The van der Waals surface area contributed by atoms with Gasteiger partial charge in [0.05, 0.1) is 0 Å². The van der Waals surface area contributed by atoms with Gasteiger partial charge in [-0.2, -0.15) is 0 Å². The molecule has 0 saturated carbocycles. The van der Waals surface area contributed by atoms with Crippen LogP contribution >= 0.6 is 15.9 Å². The minimum Gasteiger partial charge on any atom is -0.338 e. The topological polar surface area (TPSA) is 17.8 Å². The highest BCUT2D eigenvalue weighted by atomic mass is 79.9. The third kappa shape index (κ3) is 3.51. The van der Waals surface area contributed by atoms with Gasteiger partial charge in [-0.25, -0.2) is 4.98 Å². The number of hydrogen-bond acceptors (Lipinski definition) is 1. The van der Waals surface area contributed by atoms with Crippen LogP contribution in [-0.2, 0) is 13.5 Å². The first-order chi connectivity index (χ1) is 6.24. The fourth-order valence-electron chi connectivity index (χ4n) is 1.38. The summed E-state index contributed by atoms with van der Waals surface area (Å²) in [7, 11) is 2.05. The number of aryl methyl sites for hydroxylation is 2. The maximum Gasteiger partial charge on any atom is 0.108 e. The van der Waals surface area contributed by atoms with Gasteiger partial charge in [0, 0.05) is 30.7 Å². The van der Waals surface area contributed by atoms with Crippen LogP contribution in [0.25, 0.3) is 0 Å². The number of hydrogen-bond donors (Lipinski definition) is 0. The van der Waals surface area contributed by atoms with Gasteiger partial charge in [-0.1, -0.05) is 29.3 Å². The van der Waals surface area contributed by atoms with Gasteiger partial charge in [0.2, 0.25) is 0 Å². The minimum atomic E-state index is 0.647. The summed E-state index contributed by atoms with van der Waals surface area (Å²) in [6.45, 7) is 2.22. The van der Waals surface area contributed by atoms with Gasteiger partial charge in [-0.05, 0) is 12.8 Å². The predicted molar refractivity (Wildman–Crippen MR) is 59.2 cm³/mol. The Morgan fingerprint density at radius 3 is 2.85 bits per heavy atom. The molecule has 1 aromatic heterocycles. The molecule has 0 bridgehead atoms. The maximum atomic E-state index is 4.29. The van der Waals surface area contributed by atoms with E-state index in [4.69, 9.17) is 0 Å². The van der Waals surface area contributed by atoms with Crippen LogP contribution in [0.5, 0.6) is 0 Å². The molecule has 1 atom stereocenters. The fraction of sp³-hybridized carbons (Fsp3) is 0.700. The average molecular weight is 245 g/mol. The van der Waals surface area contributed by atoms with Crippen LogP contribution in [0.4, 0.5) is 0 Å². The first-order valence-corrected chi connectivity index (χ1v) is 5.76.